The Labute approximate surface area is 228 Å². The number of fused-ring (bicyclic) bond motifs is 1. The highest BCUT2D eigenvalue weighted by Crippen LogP contribution is 2.29. The minimum absolute atomic E-state index is 0.173. The Bertz CT molecular complexity index is 1710. The Kier molecular flexibility index (Phi) is 8.16. The summed E-state index contributed by atoms with van der Waals surface area (Å²) in [6.45, 7) is 0.870. The predicted octanol–water partition coefficient (Wildman–Crippen LogP) is 4.94. The standard InChI is InChI=1S/C30H25N3O7/c1-36-29-17-21(8-10-23(34)11-12-24-5-4-15-37-24)9-13-27(29)39-20-22-19-33(32-31-22)14-16-38-28-18-30(35)40-26-7-3-2-6-25(26)28/h2-13,15,17-19H,14,16,20H2,1H3/b10-8+,12-11+. The van der Waals surface area contributed by atoms with Crippen molar-refractivity contribution in [3.63, 3.8) is 0 Å². The van der Waals surface area contributed by atoms with Crippen molar-refractivity contribution in [1.82, 2.24) is 15.0 Å². The van der Waals surface area contributed by atoms with Crippen LogP contribution in [-0.4, -0.2) is 34.5 Å². The van der Waals surface area contributed by atoms with E-state index in [1.807, 2.05) is 18.2 Å². The molecule has 40 heavy (non-hydrogen) atoms. The van der Waals surface area contributed by atoms with E-state index in [9.17, 15) is 9.59 Å². The first kappa shape index (κ1) is 26.2. The first-order valence-electron chi connectivity index (χ1n) is 12.4. The van der Waals surface area contributed by atoms with Crippen LogP contribution in [0.1, 0.15) is 17.0 Å². The number of hydrogen-bond donors (Lipinski definition) is 0. The second-order valence-electron chi connectivity index (χ2n) is 8.53. The van der Waals surface area contributed by atoms with Crippen molar-refractivity contribution < 1.29 is 27.8 Å². The maximum Gasteiger partial charge on any atom is 0.339 e. The van der Waals surface area contributed by atoms with Gasteiger partial charge in [-0.2, -0.15) is 0 Å². The van der Waals surface area contributed by atoms with E-state index in [2.05, 4.69) is 10.3 Å². The molecule has 3 aromatic heterocycles. The summed E-state index contributed by atoms with van der Waals surface area (Å²) in [4.78, 5) is 23.9. The molecule has 10 nitrogen and oxygen atoms in total. The minimum atomic E-state index is -0.472. The number of rotatable bonds is 12. The van der Waals surface area contributed by atoms with Gasteiger partial charge in [0.25, 0.3) is 0 Å². The number of ketones is 1. The molecule has 0 saturated heterocycles. The molecule has 0 unspecified atom stereocenters. The van der Waals surface area contributed by atoms with Crippen LogP contribution in [0.2, 0.25) is 0 Å². The topological polar surface area (TPSA) is 119 Å². The Morgan fingerprint density at radius 3 is 2.70 bits per heavy atom. The number of furan rings is 1. The lowest BCUT2D eigenvalue weighted by Gasteiger charge is -2.10. The minimum Gasteiger partial charge on any atom is -0.493 e. The summed E-state index contributed by atoms with van der Waals surface area (Å²) < 4.78 is 29.2. The van der Waals surface area contributed by atoms with Crippen molar-refractivity contribution in [2.45, 2.75) is 13.2 Å². The first-order chi connectivity index (χ1) is 19.6. The monoisotopic (exact) mass is 539 g/mol. The molecule has 0 bridgehead atoms. The number of carbonyl (C=O) groups excluding carboxylic acids is 1. The van der Waals surface area contributed by atoms with E-state index >= 15 is 0 Å². The van der Waals surface area contributed by atoms with E-state index < -0.39 is 5.63 Å². The van der Waals surface area contributed by atoms with E-state index in [1.165, 1.54) is 18.2 Å². The number of aromatic nitrogens is 3. The van der Waals surface area contributed by atoms with Gasteiger partial charge in [0.15, 0.2) is 17.3 Å². The van der Waals surface area contributed by atoms with Crippen LogP contribution in [0.4, 0.5) is 0 Å². The van der Waals surface area contributed by atoms with Crippen molar-refractivity contribution in [3.05, 3.63) is 113 Å². The molecule has 0 aliphatic heterocycles. The second kappa shape index (κ2) is 12.4. The summed E-state index contributed by atoms with van der Waals surface area (Å²) in [5, 5.41) is 8.98. The zero-order chi connectivity index (χ0) is 27.7. The van der Waals surface area contributed by atoms with Gasteiger partial charge in [0.05, 0.1) is 37.6 Å². The molecule has 5 aromatic rings. The Hall–Kier alpha value is -5.38. The highest BCUT2D eigenvalue weighted by atomic mass is 16.5. The normalized spacial score (nSPS) is 11.4. The van der Waals surface area contributed by atoms with Gasteiger partial charge in [-0.15, -0.1) is 5.10 Å². The zero-order valence-electron chi connectivity index (χ0n) is 21.6. The van der Waals surface area contributed by atoms with Crippen molar-refractivity contribution >= 4 is 28.9 Å². The SMILES string of the molecule is COc1cc(/C=C/C(=O)/C=C/c2ccco2)ccc1OCc1cn(CCOc2cc(=O)oc3ccccc23)nn1. The highest BCUT2D eigenvalue weighted by molar-refractivity contribution is 6.04. The van der Waals surface area contributed by atoms with Crippen LogP contribution < -0.4 is 19.8 Å². The fourth-order valence-electron chi connectivity index (χ4n) is 3.81. The second-order valence-corrected chi connectivity index (χ2v) is 8.53. The molecular formula is C30H25N3O7. The molecule has 0 atom stereocenters. The number of allylic oxidation sites excluding steroid dienone is 2. The number of methoxy groups -OCH3 is 1. The number of ether oxygens (including phenoxy) is 3. The third-order valence-electron chi connectivity index (χ3n) is 5.73. The van der Waals surface area contributed by atoms with Gasteiger partial charge in [-0.3, -0.25) is 4.79 Å². The van der Waals surface area contributed by atoms with Crippen molar-refractivity contribution in [3.8, 4) is 17.2 Å². The van der Waals surface area contributed by atoms with Gasteiger partial charge in [-0.25, -0.2) is 9.48 Å². The summed E-state index contributed by atoms with van der Waals surface area (Å²) in [6, 6.07) is 17.4. The number of para-hydroxylation sites is 1. The Balaban J connectivity index is 1.14. The molecule has 0 aliphatic rings. The van der Waals surface area contributed by atoms with Gasteiger partial charge in [0, 0.05) is 0 Å². The summed E-state index contributed by atoms with van der Waals surface area (Å²) in [5.41, 5.74) is 1.39. The maximum absolute atomic E-state index is 12.1. The molecule has 0 N–H and O–H groups in total. The number of benzene rings is 2. The van der Waals surface area contributed by atoms with Gasteiger partial charge in [0.1, 0.15) is 36.0 Å². The molecule has 0 saturated carbocycles. The molecular weight excluding hydrogens is 514 g/mol. The molecule has 5 rings (SSSR count). The fraction of sp³-hybridized carbons (Fsp3) is 0.133. The third kappa shape index (κ3) is 6.73. The number of hydrogen-bond acceptors (Lipinski definition) is 9. The van der Waals surface area contributed by atoms with E-state index in [0.29, 0.717) is 40.8 Å². The largest absolute Gasteiger partial charge is 0.493 e. The van der Waals surface area contributed by atoms with Crippen molar-refractivity contribution in [2.75, 3.05) is 13.7 Å². The van der Waals surface area contributed by atoms with E-state index in [-0.39, 0.29) is 19.0 Å². The summed E-state index contributed by atoms with van der Waals surface area (Å²) in [5.74, 6) is 1.93. The van der Waals surface area contributed by atoms with Gasteiger partial charge in [0.2, 0.25) is 0 Å². The Morgan fingerprint density at radius 2 is 1.85 bits per heavy atom. The third-order valence-corrected chi connectivity index (χ3v) is 5.73. The lowest BCUT2D eigenvalue weighted by molar-refractivity contribution is -0.110. The number of nitrogens with zero attached hydrogens (tertiary/aromatic N) is 3. The van der Waals surface area contributed by atoms with Gasteiger partial charge < -0.3 is 23.0 Å². The van der Waals surface area contributed by atoms with Crippen LogP contribution in [0.25, 0.3) is 23.1 Å². The van der Waals surface area contributed by atoms with Crippen LogP contribution in [-0.2, 0) is 17.9 Å². The zero-order valence-corrected chi connectivity index (χ0v) is 21.6. The van der Waals surface area contributed by atoms with Crippen LogP contribution in [0.5, 0.6) is 17.2 Å². The molecule has 0 spiro atoms. The van der Waals surface area contributed by atoms with Crippen LogP contribution in [0.15, 0.2) is 98.9 Å². The van der Waals surface area contributed by atoms with Crippen LogP contribution >= 0.6 is 0 Å². The van der Waals surface area contributed by atoms with Gasteiger partial charge >= 0.3 is 5.63 Å². The first-order valence-corrected chi connectivity index (χ1v) is 12.4. The molecule has 0 aliphatic carbocycles. The molecule has 3 heterocycles. The fourth-order valence-corrected chi connectivity index (χ4v) is 3.81. The lowest BCUT2D eigenvalue weighted by Crippen LogP contribution is -2.10. The van der Waals surface area contributed by atoms with Gasteiger partial charge in [-0.1, -0.05) is 29.5 Å². The van der Waals surface area contributed by atoms with E-state index in [4.69, 9.17) is 23.0 Å². The summed E-state index contributed by atoms with van der Waals surface area (Å²) in [7, 11) is 1.54. The average Bonchev–Trinajstić information content (AvgIpc) is 3.66. The van der Waals surface area contributed by atoms with Crippen molar-refractivity contribution in [1.29, 1.82) is 0 Å². The van der Waals surface area contributed by atoms with Crippen LogP contribution in [0.3, 0.4) is 0 Å². The molecule has 0 amide bonds. The van der Waals surface area contributed by atoms with Gasteiger partial charge in [-0.05, 0) is 60.2 Å². The molecule has 0 radical (unpaired) electrons. The predicted molar refractivity (Wildman–Crippen MR) is 147 cm³/mol. The van der Waals surface area contributed by atoms with Crippen molar-refractivity contribution in [2.24, 2.45) is 0 Å². The molecule has 202 valence electrons. The maximum atomic E-state index is 12.1. The summed E-state index contributed by atoms with van der Waals surface area (Å²) in [6.07, 6.45) is 9.51. The van der Waals surface area contributed by atoms with E-state index in [1.54, 1.807) is 72.8 Å². The van der Waals surface area contributed by atoms with E-state index in [0.717, 1.165) is 10.9 Å². The van der Waals surface area contributed by atoms with Crippen LogP contribution in [0, 0.1) is 0 Å². The molecule has 10 heteroatoms. The quantitative estimate of drug-likeness (QED) is 0.160. The molecule has 2 aromatic carbocycles. The number of carbonyl (C=O) groups is 1. The smallest absolute Gasteiger partial charge is 0.339 e. The summed E-state index contributed by atoms with van der Waals surface area (Å²) >= 11 is 0. The highest BCUT2D eigenvalue weighted by Gasteiger charge is 2.09. The average molecular weight is 540 g/mol. The lowest BCUT2D eigenvalue weighted by atomic mass is 10.1. The Morgan fingerprint density at radius 1 is 0.975 bits per heavy atom. The molecule has 0 fully saturated rings.